The Morgan fingerprint density at radius 1 is 0.556 bits per heavy atom. The highest BCUT2D eigenvalue weighted by molar-refractivity contribution is 9.10. The van der Waals surface area contributed by atoms with E-state index in [1.165, 1.54) is 40.1 Å². The molecule has 4 aromatic carbocycles. The van der Waals surface area contributed by atoms with Gasteiger partial charge < -0.3 is 72.0 Å². The predicted molar refractivity (Wildman–Crippen MR) is 479 cm³/mol. The molecular weight excluding hydrogens is 1670 g/mol. The zero-order valence-corrected chi connectivity index (χ0v) is 73.1. The number of nitrogens with one attached hydrogen (secondary N) is 4. The average Bonchev–Trinajstić information content (AvgIpc) is 1.48. The standard InChI is InChI=1S/C27H34BrN5O6.C18H20N6O2S.C17H19BN6O.C16H16N6.C6H7N3O2/c1-15-11-12-16-17(13-15)32(22(34)37-25(2,3)4)21(30-16)19-20(29-14-18(28)31-19)33(23(35)38-26(5,6)7)24(36)39-27(8,9)10;1-2-27(25,26)24-9-7-12(8-10-24)15-11-20-17(19)16(21-15)18-22-13-5-3-4-6-14(13)23-18;1-18(25)24-8-6-11(7-9-24)14-10-20-16(19)15(21-14)17-22-12-4-2-3-5-13(12)23-17;17-15-14(16-21-11-3-1-2-4-12(11)22-16)20-13(9-19-15)10-5-7-18-8-6-10;1-11-6(10)4-5(7)9-3-2-8-4/h11-14H,1-10H3;3-7,11H,2,8-10H2,1H3,(H2,19,20)(H,22,23);2-6,10,25H,7-9H2,1H3,(H2,19,20)(H,22,23);1-5,9,18H,6-8H2,(H2,17,19)(H,21,22);2-3H,1H3,(H2,7,9). The summed E-state index contributed by atoms with van der Waals surface area (Å²) in [6.07, 6.45) is 14.8. The fraction of sp³-hybridized carbons (Fsp3) is 0.310. The molecule has 3 aliphatic rings. The van der Waals surface area contributed by atoms with Crippen LogP contribution in [-0.2, 0) is 29.0 Å². The molecule has 0 saturated heterocycles. The van der Waals surface area contributed by atoms with Crippen LogP contribution in [-0.4, -0.2) is 212 Å². The van der Waals surface area contributed by atoms with Crippen LogP contribution in [0.3, 0.4) is 0 Å². The number of sulfonamides is 1. The van der Waals surface area contributed by atoms with Crippen molar-refractivity contribution in [3.05, 3.63) is 179 Å². The number of imide groups is 1. The number of aryl methyl sites for hydroxylation is 1. The molecule has 13 aromatic rings. The third-order valence-corrected chi connectivity index (χ3v) is 21.0. The van der Waals surface area contributed by atoms with Crippen molar-refractivity contribution >= 4 is 147 Å². The van der Waals surface area contributed by atoms with Gasteiger partial charge >= 0.3 is 31.3 Å². The van der Waals surface area contributed by atoms with Crippen LogP contribution in [0, 0.1) is 6.92 Å². The van der Waals surface area contributed by atoms with Gasteiger partial charge in [0.1, 0.15) is 38.5 Å². The van der Waals surface area contributed by atoms with Gasteiger partial charge in [0.15, 0.2) is 63.8 Å². The fourth-order valence-corrected chi connectivity index (χ4v) is 14.1. The number of H-pyrrole nitrogens is 3. The summed E-state index contributed by atoms with van der Waals surface area (Å²) in [5, 5.41) is 13.0. The van der Waals surface area contributed by atoms with E-state index >= 15 is 0 Å². The minimum atomic E-state index is -3.18. The van der Waals surface area contributed by atoms with Crippen LogP contribution in [0.15, 0.2) is 151 Å². The first-order valence-corrected chi connectivity index (χ1v) is 41.9. The minimum absolute atomic E-state index is 0.00534. The Balaban J connectivity index is 0.000000147. The van der Waals surface area contributed by atoms with Crippen molar-refractivity contribution in [2.45, 2.75) is 119 Å². The van der Waals surface area contributed by atoms with Crippen molar-refractivity contribution in [1.29, 1.82) is 0 Å². The number of nitrogens with two attached hydrogens (primary N) is 4. The number of aromatic nitrogens is 18. The summed E-state index contributed by atoms with van der Waals surface area (Å²) in [6.45, 7) is 24.6. The number of halogens is 1. The highest BCUT2D eigenvalue weighted by Crippen LogP contribution is 2.36. The molecule has 124 heavy (non-hydrogen) atoms. The summed E-state index contributed by atoms with van der Waals surface area (Å²) in [4.78, 5) is 125. The summed E-state index contributed by atoms with van der Waals surface area (Å²) >= 11 is 3.30. The predicted octanol–water partition coefficient (Wildman–Crippen LogP) is 12.7. The number of hydrogen-bond donors (Lipinski definition) is 9. The van der Waals surface area contributed by atoms with Crippen molar-refractivity contribution in [1.82, 2.24) is 104 Å². The molecule has 0 bridgehead atoms. The Kier molecular flexibility index (Phi) is 27.8. The van der Waals surface area contributed by atoms with Gasteiger partial charge in [-0.15, -0.1) is 0 Å². The lowest BCUT2D eigenvalue weighted by molar-refractivity contribution is 0.0426. The second-order valence-electron chi connectivity index (χ2n) is 31.5. The molecule has 2 amide bonds. The van der Waals surface area contributed by atoms with Crippen molar-refractivity contribution in [3.8, 4) is 46.1 Å². The zero-order valence-electron chi connectivity index (χ0n) is 70.7. The van der Waals surface area contributed by atoms with Crippen LogP contribution in [0.4, 0.5) is 43.5 Å². The molecule has 12 heterocycles. The van der Waals surface area contributed by atoms with E-state index in [1.807, 2.05) is 96.7 Å². The zero-order chi connectivity index (χ0) is 89.1. The maximum absolute atomic E-state index is 13.5. The van der Waals surface area contributed by atoms with E-state index in [2.05, 4.69) is 118 Å². The summed E-state index contributed by atoms with van der Waals surface area (Å²) in [7, 11) is -2.36. The number of imidazole rings is 4. The lowest BCUT2D eigenvalue weighted by Gasteiger charge is -2.28. The van der Waals surface area contributed by atoms with Crippen LogP contribution in [0.1, 0.15) is 122 Å². The monoisotopic (exact) mass is 1770 g/mol. The molecule has 0 radical (unpaired) electrons. The Bertz CT molecular complexity index is 6220. The van der Waals surface area contributed by atoms with Crippen LogP contribution < -0.4 is 33.2 Å². The molecule has 0 aliphatic carbocycles. The van der Waals surface area contributed by atoms with Crippen LogP contribution >= 0.6 is 15.9 Å². The van der Waals surface area contributed by atoms with E-state index in [1.54, 1.807) is 107 Å². The normalized spacial score (nSPS) is 13.9. The van der Waals surface area contributed by atoms with E-state index in [-0.39, 0.29) is 39.2 Å². The molecule has 0 saturated carbocycles. The van der Waals surface area contributed by atoms with Gasteiger partial charge in [0.05, 0.1) is 98.9 Å². The summed E-state index contributed by atoms with van der Waals surface area (Å²) < 4.78 is 48.1. The summed E-state index contributed by atoms with van der Waals surface area (Å²) in [5.41, 5.74) is 35.2. The number of ether oxygens (including phenoxy) is 4. The van der Waals surface area contributed by atoms with Gasteiger partial charge in [-0.1, -0.05) is 60.7 Å². The van der Waals surface area contributed by atoms with Crippen molar-refractivity contribution in [3.63, 3.8) is 0 Å². The Hall–Kier alpha value is -13.4. The Morgan fingerprint density at radius 2 is 1.03 bits per heavy atom. The second kappa shape index (κ2) is 38.3. The SMILES string of the molecule is CB(O)N1CC=C(c2cnc(N)c(-c3nc4ccccc4[nH]3)n2)CC1.CCS(=O)(=O)N1CC=C(c2cnc(N)c(-c3nc4ccccc4[nH]3)n2)CC1.COC(=O)c1nccnc1N.Cc1ccc2nc(-c3nc(Br)cnc3N(C(=O)OC(C)(C)C)C(=O)OC(C)(C)C)n(C(=O)OC(C)(C)C)c2c1.Nc1ncc(C2=CCNCC2)nc1-c1nc2ccccc2[nH]1. The molecule has 0 spiro atoms. The molecule has 3 aliphatic heterocycles. The van der Waals surface area contributed by atoms with Gasteiger partial charge in [0.2, 0.25) is 10.0 Å². The molecule has 9 aromatic heterocycles. The minimum Gasteiger partial charge on any atom is -0.464 e. The van der Waals surface area contributed by atoms with Crippen molar-refractivity contribution < 1.29 is 51.6 Å². The quantitative estimate of drug-likeness (QED) is 0.0312. The molecule has 13 N–H and O–H groups in total. The molecule has 0 fully saturated rings. The first kappa shape index (κ1) is 89.8. The van der Waals surface area contributed by atoms with Crippen LogP contribution in [0.2, 0.25) is 6.82 Å². The number of carbonyl (C=O) groups is 4. The number of rotatable bonds is 12. The van der Waals surface area contributed by atoms with E-state index < -0.39 is 58.1 Å². The number of methoxy groups -OCH3 is 1. The molecular formula is C84H96BBrN26O11S. The van der Waals surface area contributed by atoms with Gasteiger partial charge in [0.25, 0.3) is 0 Å². The lowest BCUT2D eigenvalue weighted by Crippen LogP contribution is -2.44. The smallest absolute Gasteiger partial charge is 0.425 e. The number of esters is 1. The third kappa shape index (κ3) is 22.3. The summed E-state index contributed by atoms with van der Waals surface area (Å²) in [6, 6.07) is 28.7. The number of aromatic amines is 3. The van der Waals surface area contributed by atoms with Gasteiger partial charge in [-0.3, -0.25) is 0 Å². The van der Waals surface area contributed by atoms with Gasteiger partial charge in [-0.2, -0.15) is 9.21 Å². The number of carbonyl (C=O) groups excluding carboxylic acids is 4. The largest absolute Gasteiger partial charge is 0.464 e. The maximum atomic E-state index is 13.5. The molecule has 0 atom stereocenters. The number of para-hydroxylation sites is 6. The van der Waals surface area contributed by atoms with Gasteiger partial charge in [-0.05, 0) is 202 Å². The van der Waals surface area contributed by atoms with Crippen LogP contribution in [0.5, 0.6) is 0 Å². The maximum Gasteiger partial charge on any atom is 0.425 e. The number of hydrogen-bond acceptors (Lipinski definition) is 31. The summed E-state index contributed by atoms with van der Waals surface area (Å²) in [5.74, 6) is 2.26. The number of fused-ring (bicyclic) bond motifs is 4. The number of nitrogen functional groups attached to an aromatic ring is 4. The lowest BCUT2D eigenvalue weighted by atomic mass is 9.83. The third-order valence-electron chi connectivity index (χ3n) is 18.8. The van der Waals surface area contributed by atoms with E-state index in [0.29, 0.717) is 99.7 Å². The Labute approximate surface area is 722 Å². The number of benzene rings is 4. The molecule has 644 valence electrons. The number of anilines is 5. The number of amides is 2. The Morgan fingerprint density at radius 3 is 1.45 bits per heavy atom. The van der Waals surface area contributed by atoms with Crippen LogP contribution in [0.25, 0.3) is 107 Å². The highest BCUT2D eigenvalue weighted by atomic mass is 79.9. The topological polar surface area (TPSA) is 518 Å². The first-order chi connectivity index (χ1) is 58.9. The highest BCUT2D eigenvalue weighted by Gasteiger charge is 2.39. The van der Waals surface area contributed by atoms with Gasteiger partial charge in [-0.25, -0.2) is 102 Å². The number of nitrogens with zero attached hydrogens (tertiary/aromatic N) is 18. The van der Waals surface area contributed by atoms with E-state index in [9.17, 15) is 32.6 Å². The fourth-order valence-electron chi connectivity index (χ4n) is 12.8. The average molecular weight is 1770 g/mol. The van der Waals surface area contributed by atoms with Gasteiger partial charge in [0, 0.05) is 38.6 Å². The first-order valence-electron chi connectivity index (χ1n) is 39.5. The molecule has 37 nitrogen and oxygen atoms in total. The molecule has 40 heteroatoms. The van der Waals surface area contributed by atoms with E-state index in [4.69, 9.17) is 42.1 Å². The van der Waals surface area contributed by atoms with Crippen molar-refractivity contribution in [2.75, 3.05) is 80.0 Å². The van der Waals surface area contributed by atoms with E-state index in [0.717, 1.165) is 93.7 Å². The van der Waals surface area contributed by atoms with Crippen molar-refractivity contribution in [2.24, 2.45) is 0 Å². The second-order valence-corrected chi connectivity index (χ2v) is 34.6. The molecule has 0 unspecified atom stereocenters. The molecule has 16 rings (SSSR count).